The summed E-state index contributed by atoms with van der Waals surface area (Å²) in [7, 11) is 1.31. The quantitative estimate of drug-likeness (QED) is 0.336. The summed E-state index contributed by atoms with van der Waals surface area (Å²) in [5, 5.41) is 5.42. The molecule has 0 radical (unpaired) electrons. The number of hydrogen-bond donors (Lipinski definition) is 0. The van der Waals surface area contributed by atoms with E-state index in [1.54, 1.807) is 67.6 Å². The number of aldehydes is 1. The third-order valence-corrected chi connectivity index (χ3v) is 5.39. The largest absolute Gasteiger partial charge is 0.465 e. The topological polar surface area (TPSA) is 78.3 Å². The number of halogens is 1. The number of nitrogens with zero attached hydrogens (tertiary/aromatic N) is 2. The molecule has 0 aliphatic heterocycles. The van der Waals surface area contributed by atoms with E-state index in [-0.39, 0.29) is 0 Å². The molecule has 0 spiro atoms. The highest BCUT2D eigenvalue weighted by Gasteiger charge is 2.23. The molecule has 0 bridgehead atoms. The normalized spacial score (nSPS) is 10.8. The Bertz CT molecular complexity index is 1320. The van der Waals surface area contributed by atoms with Crippen LogP contribution in [0.25, 0.3) is 22.2 Å². The van der Waals surface area contributed by atoms with Gasteiger partial charge in [-0.3, -0.25) is 9.59 Å². The summed E-state index contributed by atoms with van der Waals surface area (Å²) in [6.45, 7) is 1.80. The predicted molar refractivity (Wildman–Crippen MR) is 118 cm³/mol. The van der Waals surface area contributed by atoms with E-state index < -0.39 is 11.9 Å². The van der Waals surface area contributed by atoms with Gasteiger partial charge < -0.3 is 4.74 Å². The van der Waals surface area contributed by atoms with Gasteiger partial charge in [-0.15, -0.1) is 0 Å². The van der Waals surface area contributed by atoms with Crippen LogP contribution >= 0.6 is 11.6 Å². The molecule has 0 atom stereocenters. The molecule has 4 aromatic rings. The number of aryl methyl sites for hydroxylation is 1. The fourth-order valence-corrected chi connectivity index (χ4v) is 3.84. The van der Waals surface area contributed by atoms with Crippen LogP contribution in [0.5, 0.6) is 0 Å². The molecule has 0 aliphatic carbocycles. The van der Waals surface area contributed by atoms with Crippen molar-refractivity contribution in [1.82, 2.24) is 9.78 Å². The van der Waals surface area contributed by atoms with Crippen molar-refractivity contribution in [2.24, 2.45) is 0 Å². The summed E-state index contributed by atoms with van der Waals surface area (Å²) in [5.74, 6) is -0.853. The number of fused-ring (bicyclic) bond motifs is 1. The standard InChI is InChI=1S/C24H17ClN2O4/c1-14-5-3-7-18(25)20(14)23(29)27-19-8-4-6-17(13-28)21(19)22(26-27)15-9-11-16(12-10-15)24(30)31-2/h3-13H,1-2H3. The van der Waals surface area contributed by atoms with Gasteiger partial charge in [-0.1, -0.05) is 48.0 Å². The van der Waals surface area contributed by atoms with E-state index in [0.29, 0.717) is 43.9 Å². The second-order valence-corrected chi connectivity index (χ2v) is 7.33. The van der Waals surface area contributed by atoms with Gasteiger partial charge in [0.25, 0.3) is 5.91 Å². The summed E-state index contributed by atoms with van der Waals surface area (Å²) in [4.78, 5) is 36.9. The minimum atomic E-state index is -0.458. The molecule has 0 saturated heterocycles. The molecule has 1 heterocycles. The van der Waals surface area contributed by atoms with Gasteiger partial charge in [0.2, 0.25) is 0 Å². The molecule has 7 heteroatoms. The molecular formula is C24H17ClN2O4. The number of hydrogen-bond acceptors (Lipinski definition) is 5. The molecule has 0 unspecified atom stereocenters. The van der Waals surface area contributed by atoms with E-state index in [4.69, 9.17) is 16.3 Å². The lowest BCUT2D eigenvalue weighted by Crippen LogP contribution is -2.15. The van der Waals surface area contributed by atoms with E-state index in [0.717, 1.165) is 11.8 Å². The first-order chi connectivity index (χ1) is 15.0. The minimum absolute atomic E-state index is 0.323. The molecule has 154 valence electrons. The van der Waals surface area contributed by atoms with Gasteiger partial charge in [-0.25, -0.2) is 4.79 Å². The summed E-state index contributed by atoms with van der Waals surface area (Å²) >= 11 is 6.31. The maximum Gasteiger partial charge on any atom is 0.337 e. The van der Waals surface area contributed by atoms with E-state index in [1.165, 1.54) is 11.8 Å². The Balaban J connectivity index is 1.95. The zero-order valence-corrected chi connectivity index (χ0v) is 17.5. The van der Waals surface area contributed by atoms with Crippen LogP contribution < -0.4 is 0 Å². The number of esters is 1. The maximum absolute atomic E-state index is 13.4. The fraction of sp³-hybridized carbons (Fsp3) is 0.0833. The number of ether oxygens (including phenoxy) is 1. The average molecular weight is 433 g/mol. The van der Waals surface area contributed by atoms with Gasteiger partial charge in [-0.05, 0) is 36.8 Å². The Hall–Kier alpha value is -3.77. The van der Waals surface area contributed by atoms with Crippen LogP contribution in [-0.4, -0.2) is 35.1 Å². The first kappa shape index (κ1) is 20.5. The highest BCUT2D eigenvalue weighted by atomic mass is 35.5. The number of carbonyl (C=O) groups excluding carboxylic acids is 3. The molecule has 31 heavy (non-hydrogen) atoms. The van der Waals surface area contributed by atoms with E-state index in [2.05, 4.69) is 5.10 Å². The molecule has 0 aliphatic rings. The summed E-state index contributed by atoms with van der Waals surface area (Å²) < 4.78 is 6.00. The number of rotatable bonds is 4. The van der Waals surface area contributed by atoms with Crippen molar-refractivity contribution in [2.75, 3.05) is 7.11 Å². The lowest BCUT2D eigenvalue weighted by atomic mass is 10.0. The van der Waals surface area contributed by atoms with Gasteiger partial charge in [0.1, 0.15) is 5.69 Å². The van der Waals surface area contributed by atoms with Crippen LogP contribution in [0.2, 0.25) is 5.02 Å². The van der Waals surface area contributed by atoms with Crippen molar-refractivity contribution in [3.8, 4) is 11.3 Å². The van der Waals surface area contributed by atoms with Crippen LogP contribution in [0, 0.1) is 6.92 Å². The Morgan fingerprint density at radius 3 is 2.39 bits per heavy atom. The fourth-order valence-electron chi connectivity index (χ4n) is 3.54. The van der Waals surface area contributed by atoms with Crippen LogP contribution in [0.1, 0.15) is 36.6 Å². The molecule has 0 saturated carbocycles. The first-order valence-electron chi connectivity index (χ1n) is 9.41. The van der Waals surface area contributed by atoms with Gasteiger partial charge in [0, 0.05) is 16.5 Å². The smallest absolute Gasteiger partial charge is 0.337 e. The Kier molecular flexibility index (Phi) is 5.40. The van der Waals surface area contributed by atoms with Crippen molar-refractivity contribution >= 4 is 40.7 Å². The van der Waals surface area contributed by atoms with Crippen LogP contribution in [-0.2, 0) is 4.74 Å². The molecule has 3 aromatic carbocycles. The van der Waals surface area contributed by atoms with Gasteiger partial charge >= 0.3 is 5.97 Å². The van der Waals surface area contributed by atoms with Crippen molar-refractivity contribution in [3.05, 3.63) is 87.9 Å². The summed E-state index contributed by atoms with van der Waals surface area (Å²) in [6.07, 6.45) is 0.728. The van der Waals surface area contributed by atoms with E-state index >= 15 is 0 Å². The van der Waals surface area contributed by atoms with Crippen LogP contribution in [0.4, 0.5) is 0 Å². The maximum atomic E-state index is 13.4. The van der Waals surface area contributed by atoms with E-state index in [1.807, 2.05) is 0 Å². The molecule has 4 rings (SSSR count). The highest BCUT2D eigenvalue weighted by Crippen LogP contribution is 2.32. The van der Waals surface area contributed by atoms with Crippen molar-refractivity contribution in [1.29, 1.82) is 0 Å². The molecule has 0 N–H and O–H groups in total. The zero-order valence-electron chi connectivity index (χ0n) is 16.8. The van der Waals surface area contributed by atoms with Gasteiger partial charge in [-0.2, -0.15) is 9.78 Å². The second kappa shape index (κ2) is 8.16. The molecule has 0 amide bonds. The Morgan fingerprint density at radius 1 is 1.03 bits per heavy atom. The third kappa shape index (κ3) is 3.51. The molecule has 1 aromatic heterocycles. The number of aromatic nitrogens is 2. The average Bonchev–Trinajstić information content (AvgIpc) is 3.18. The van der Waals surface area contributed by atoms with Crippen molar-refractivity contribution in [2.45, 2.75) is 6.92 Å². The lowest BCUT2D eigenvalue weighted by molar-refractivity contribution is 0.0600. The molecule has 6 nitrogen and oxygen atoms in total. The number of methoxy groups -OCH3 is 1. The van der Waals surface area contributed by atoms with Crippen molar-refractivity contribution in [3.63, 3.8) is 0 Å². The zero-order chi connectivity index (χ0) is 22.1. The summed E-state index contributed by atoms with van der Waals surface area (Å²) in [6, 6.07) is 16.9. The van der Waals surface area contributed by atoms with Crippen LogP contribution in [0.15, 0.2) is 60.7 Å². The highest BCUT2D eigenvalue weighted by molar-refractivity contribution is 6.34. The molecule has 0 fully saturated rings. The first-order valence-corrected chi connectivity index (χ1v) is 9.79. The Morgan fingerprint density at radius 2 is 1.74 bits per heavy atom. The molecular weight excluding hydrogens is 416 g/mol. The van der Waals surface area contributed by atoms with Gasteiger partial charge in [0.05, 0.1) is 28.8 Å². The lowest BCUT2D eigenvalue weighted by Gasteiger charge is -2.08. The number of benzene rings is 3. The van der Waals surface area contributed by atoms with Crippen molar-refractivity contribution < 1.29 is 19.1 Å². The number of carbonyl (C=O) groups is 3. The second-order valence-electron chi connectivity index (χ2n) is 6.93. The monoisotopic (exact) mass is 432 g/mol. The van der Waals surface area contributed by atoms with Gasteiger partial charge in [0.15, 0.2) is 6.29 Å². The Labute approximate surface area is 183 Å². The third-order valence-electron chi connectivity index (χ3n) is 5.07. The minimum Gasteiger partial charge on any atom is -0.465 e. The summed E-state index contributed by atoms with van der Waals surface area (Å²) in [5.41, 5.74) is 3.43. The SMILES string of the molecule is COC(=O)c1ccc(-c2nn(C(=O)c3c(C)cccc3Cl)c3cccc(C=O)c23)cc1. The van der Waals surface area contributed by atoms with E-state index in [9.17, 15) is 14.4 Å². The van der Waals surface area contributed by atoms with Crippen LogP contribution in [0.3, 0.4) is 0 Å². The predicted octanol–water partition coefficient (Wildman–Crippen LogP) is 4.95.